The first-order valence-corrected chi connectivity index (χ1v) is 10.6. The lowest BCUT2D eigenvalue weighted by molar-refractivity contribution is -0.122. The minimum atomic E-state index is -3.68. The monoisotopic (exact) mass is 392 g/mol. The Hall–Kier alpha value is -2.25. The fraction of sp³-hybridized carbons (Fsp3) is 0.350. The molecule has 0 aromatic heterocycles. The van der Waals surface area contributed by atoms with Crippen LogP contribution in [0.4, 0.5) is 4.39 Å². The second kappa shape index (κ2) is 9.10. The van der Waals surface area contributed by atoms with Crippen LogP contribution < -0.4 is 5.32 Å². The first-order valence-electron chi connectivity index (χ1n) is 8.75. The third kappa shape index (κ3) is 6.15. The number of halogens is 1. The Labute approximate surface area is 160 Å². The molecule has 2 rings (SSSR count). The van der Waals surface area contributed by atoms with Crippen molar-refractivity contribution >= 4 is 15.9 Å². The average molecular weight is 392 g/mol. The predicted octanol–water partition coefficient (Wildman–Crippen LogP) is 3.16. The van der Waals surface area contributed by atoms with E-state index in [-0.39, 0.29) is 24.7 Å². The van der Waals surface area contributed by atoms with Crippen molar-refractivity contribution in [2.24, 2.45) is 0 Å². The summed E-state index contributed by atoms with van der Waals surface area (Å²) in [7, 11) is -3.68. The fourth-order valence-corrected chi connectivity index (χ4v) is 3.45. The quantitative estimate of drug-likeness (QED) is 0.750. The van der Waals surface area contributed by atoms with Crippen molar-refractivity contribution in [3.8, 4) is 0 Å². The van der Waals surface area contributed by atoms with Crippen LogP contribution in [0.1, 0.15) is 36.1 Å². The van der Waals surface area contributed by atoms with Crippen LogP contribution in [-0.4, -0.2) is 31.4 Å². The van der Waals surface area contributed by atoms with E-state index >= 15 is 0 Å². The van der Waals surface area contributed by atoms with Gasteiger partial charge in [0.2, 0.25) is 15.9 Å². The van der Waals surface area contributed by atoms with Crippen LogP contribution in [0.3, 0.4) is 0 Å². The lowest BCUT2D eigenvalue weighted by Crippen LogP contribution is -2.41. The molecule has 0 radical (unpaired) electrons. The third-order valence-corrected chi connectivity index (χ3v) is 5.51. The summed E-state index contributed by atoms with van der Waals surface area (Å²) in [4.78, 5) is 12.5. The van der Waals surface area contributed by atoms with Gasteiger partial charge >= 0.3 is 0 Å². The van der Waals surface area contributed by atoms with E-state index in [0.29, 0.717) is 6.42 Å². The number of benzene rings is 2. The van der Waals surface area contributed by atoms with Crippen molar-refractivity contribution < 1.29 is 17.6 Å². The van der Waals surface area contributed by atoms with E-state index in [9.17, 15) is 17.6 Å². The van der Waals surface area contributed by atoms with Gasteiger partial charge in [-0.25, -0.2) is 12.8 Å². The highest BCUT2D eigenvalue weighted by Crippen LogP contribution is 2.18. The maximum atomic E-state index is 13.9. The summed E-state index contributed by atoms with van der Waals surface area (Å²) in [6, 6.07) is 13.5. The van der Waals surface area contributed by atoms with Crippen LogP contribution in [0, 0.1) is 12.7 Å². The number of hydrogen-bond acceptors (Lipinski definition) is 3. The van der Waals surface area contributed by atoms with E-state index < -0.39 is 21.7 Å². The van der Waals surface area contributed by atoms with Crippen molar-refractivity contribution in [2.45, 2.75) is 32.9 Å². The van der Waals surface area contributed by atoms with Crippen molar-refractivity contribution in [2.75, 3.05) is 12.8 Å². The number of rotatable bonds is 8. The highest BCUT2D eigenvalue weighted by Gasteiger charge is 2.23. The Morgan fingerprint density at radius 1 is 1.15 bits per heavy atom. The molecule has 0 unspecified atom stereocenters. The second-order valence-corrected chi connectivity index (χ2v) is 8.54. The Morgan fingerprint density at radius 2 is 1.78 bits per heavy atom. The summed E-state index contributed by atoms with van der Waals surface area (Å²) in [5.41, 5.74) is 2.30. The van der Waals surface area contributed by atoms with Gasteiger partial charge in [-0.2, -0.15) is 4.31 Å². The molecule has 0 aliphatic rings. The van der Waals surface area contributed by atoms with E-state index in [1.807, 2.05) is 38.1 Å². The normalized spacial score (nSPS) is 12.8. The average Bonchev–Trinajstić information content (AvgIpc) is 2.61. The zero-order valence-corrected chi connectivity index (χ0v) is 16.6. The molecular formula is C20H25FN2O3S. The van der Waals surface area contributed by atoms with Gasteiger partial charge in [-0.1, -0.05) is 55.0 Å². The van der Waals surface area contributed by atoms with E-state index in [2.05, 4.69) is 5.32 Å². The Kier molecular flexibility index (Phi) is 7.10. The Bertz CT molecular complexity index is 882. The highest BCUT2D eigenvalue weighted by molar-refractivity contribution is 7.88. The van der Waals surface area contributed by atoms with E-state index in [4.69, 9.17) is 0 Å². The summed E-state index contributed by atoms with van der Waals surface area (Å²) in [5, 5.41) is 2.87. The van der Waals surface area contributed by atoms with Gasteiger partial charge in [0, 0.05) is 12.1 Å². The molecular weight excluding hydrogens is 367 g/mol. The highest BCUT2D eigenvalue weighted by atomic mass is 32.2. The first-order chi connectivity index (χ1) is 12.7. The molecule has 7 heteroatoms. The molecule has 0 fully saturated rings. The number of nitrogens with one attached hydrogen (secondary N) is 1. The maximum Gasteiger partial charge on any atom is 0.235 e. The number of amides is 1. The van der Waals surface area contributed by atoms with Gasteiger partial charge in [0.15, 0.2) is 0 Å². The van der Waals surface area contributed by atoms with Crippen LogP contribution in [0.5, 0.6) is 0 Å². The molecule has 0 bridgehead atoms. The number of carbonyl (C=O) groups is 1. The van der Waals surface area contributed by atoms with Crippen LogP contribution in [0.2, 0.25) is 0 Å². The number of aryl methyl sites for hydroxylation is 1. The smallest absolute Gasteiger partial charge is 0.235 e. The van der Waals surface area contributed by atoms with Gasteiger partial charge in [0.25, 0.3) is 0 Å². The van der Waals surface area contributed by atoms with E-state index in [0.717, 1.165) is 21.7 Å². The molecule has 146 valence electrons. The van der Waals surface area contributed by atoms with E-state index in [1.54, 1.807) is 6.07 Å². The van der Waals surface area contributed by atoms with Crippen molar-refractivity contribution in [1.82, 2.24) is 9.62 Å². The zero-order valence-electron chi connectivity index (χ0n) is 15.8. The molecule has 5 nitrogen and oxygen atoms in total. The van der Waals surface area contributed by atoms with Gasteiger partial charge in [-0.05, 0) is 25.0 Å². The molecule has 0 aliphatic carbocycles. The van der Waals surface area contributed by atoms with Gasteiger partial charge in [-0.3, -0.25) is 4.79 Å². The molecule has 2 aromatic rings. The minimum Gasteiger partial charge on any atom is -0.348 e. The summed E-state index contributed by atoms with van der Waals surface area (Å²) >= 11 is 0. The summed E-state index contributed by atoms with van der Waals surface area (Å²) in [5.74, 6) is -0.929. The lowest BCUT2D eigenvalue weighted by Gasteiger charge is -2.23. The van der Waals surface area contributed by atoms with E-state index in [1.165, 1.54) is 18.2 Å². The molecule has 0 spiro atoms. The second-order valence-electron chi connectivity index (χ2n) is 6.56. The summed E-state index contributed by atoms with van der Waals surface area (Å²) < 4.78 is 39.0. The molecule has 0 aliphatic heterocycles. The van der Waals surface area contributed by atoms with Gasteiger partial charge < -0.3 is 5.32 Å². The minimum absolute atomic E-state index is 0.194. The molecule has 1 atom stereocenters. The molecule has 0 saturated heterocycles. The SMILES string of the molecule is CC[C@H](NC(=O)CN(Cc1ccccc1F)S(C)(=O)=O)c1ccc(C)cc1. The lowest BCUT2D eigenvalue weighted by atomic mass is 10.0. The van der Waals surface area contributed by atoms with Gasteiger partial charge in [0.05, 0.1) is 18.8 Å². The standard InChI is InChI=1S/C20H25FN2O3S/c1-4-19(16-11-9-15(2)10-12-16)22-20(24)14-23(27(3,25)26)13-17-7-5-6-8-18(17)21/h5-12,19H,4,13-14H2,1-3H3,(H,22,24)/t19-/m0/s1. The van der Waals surface area contributed by atoms with Crippen molar-refractivity contribution in [3.05, 3.63) is 71.0 Å². The third-order valence-electron chi connectivity index (χ3n) is 4.32. The van der Waals surface area contributed by atoms with Gasteiger partial charge in [0.1, 0.15) is 5.82 Å². The summed E-state index contributed by atoms with van der Waals surface area (Å²) in [6.07, 6.45) is 1.68. The maximum absolute atomic E-state index is 13.9. The van der Waals surface area contributed by atoms with Crippen molar-refractivity contribution in [1.29, 1.82) is 0 Å². The Balaban J connectivity index is 2.11. The molecule has 1 N–H and O–H groups in total. The molecule has 1 amide bonds. The predicted molar refractivity (Wildman–Crippen MR) is 104 cm³/mol. The Morgan fingerprint density at radius 3 is 2.33 bits per heavy atom. The fourth-order valence-electron chi connectivity index (χ4n) is 2.73. The number of sulfonamides is 1. The van der Waals surface area contributed by atoms with Crippen LogP contribution in [0.25, 0.3) is 0 Å². The molecule has 2 aromatic carbocycles. The van der Waals surface area contributed by atoms with Gasteiger partial charge in [-0.15, -0.1) is 0 Å². The largest absolute Gasteiger partial charge is 0.348 e. The number of nitrogens with zero attached hydrogens (tertiary/aromatic N) is 1. The molecule has 27 heavy (non-hydrogen) atoms. The molecule has 0 saturated carbocycles. The summed E-state index contributed by atoms with van der Waals surface area (Å²) in [6.45, 7) is 3.37. The van der Waals surface area contributed by atoms with Crippen LogP contribution in [0.15, 0.2) is 48.5 Å². The number of carbonyl (C=O) groups excluding carboxylic acids is 1. The zero-order chi connectivity index (χ0) is 20.0. The number of hydrogen-bond donors (Lipinski definition) is 1. The van der Waals surface area contributed by atoms with Crippen LogP contribution in [-0.2, 0) is 21.4 Å². The molecule has 0 heterocycles. The topological polar surface area (TPSA) is 66.5 Å². The van der Waals surface area contributed by atoms with Crippen molar-refractivity contribution in [3.63, 3.8) is 0 Å². The first kappa shape index (κ1) is 21.1. The van der Waals surface area contributed by atoms with Crippen LogP contribution >= 0.6 is 0 Å².